The average molecular weight is 440 g/mol. The molecule has 0 aliphatic rings. The SMILES string of the molecule is COc1ccc(-c2noc(CN(C)C(=O)[C@@H](C)Oc3ccccc3C(C)C)n2)c(OC)c1. The molecule has 170 valence electrons. The number of likely N-dealkylation sites (N-methyl/N-ethyl adjacent to an activating group) is 1. The molecule has 0 radical (unpaired) electrons. The molecule has 0 saturated carbocycles. The van der Waals surface area contributed by atoms with Gasteiger partial charge in [0.25, 0.3) is 5.91 Å². The molecule has 0 fully saturated rings. The largest absolute Gasteiger partial charge is 0.497 e. The van der Waals surface area contributed by atoms with Crippen molar-refractivity contribution in [3.63, 3.8) is 0 Å². The van der Waals surface area contributed by atoms with Crippen LogP contribution in [0.25, 0.3) is 11.4 Å². The molecule has 8 heteroatoms. The molecule has 3 rings (SSSR count). The Kier molecular flexibility index (Phi) is 7.35. The summed E-state index contributed by atoms with van der Waals surface area (Å²) in [6.45, 7) is 6.07. The number of rotatable bonds is 9. The van der Waals surface area contributed by atoms with Crippen molar-refractivity contribution in [3.05, 3.63) is 53.9 Å². The van der Waals surface area contributed by atoms with Crippen LogP contribution in [0, 0.1) is 0 Å². The fourth-order valence-corrected chi connectivity index (χ4v) is 3.31. The molecular weight excluding hydrogens is 410 g/mol. The molecule has 1 atom stereocenters. The van der Waals surface area contributed by atoms with Crippen LogP contribution >= 0.6 is 0 Å². The molecule has 8 nitrogen and oxygen atoms in total. The molecule has 0 unspecified atom stereocenters. The summed E-state index contributed by atoms with van der Waals surface area (Å²) < 4.78 is 21.9. The van der Waals surface area contributed by atoms with Gasteiger partial charge in [0.2, 0.25) is 11.7 Å². The van der Waals surface area contributed by atoms with Gasteiger partial charge in [-0.05, 0) is 36.6 Å². The molecule has 0 spiro atoms. The normalized spacial score (nSPS) is 11.8. The highest BCUT2D eigenvalue weighted by molar-refractivity contribution is 5.80. The first-order valence-corrected chi connectivity index (χ1v) is 10.4. The number of nitrogens with zero attached hydrogens (tertiary/aromatic N) is 3. The Morgan fingerprint density at radius 3 is 2.50 bits per heavy atom. The van der Waals surface area contributed by atoms with E-state index in [-0.39, 0.29) is 18.4 Å². The molecule has 0 bridgehead atoms. The number of hydrogen-bond acceptors (Lipinski definition) is 7. The van der Waals surface area contributed by atoms with Crippen molar-refractivity contribution in [2.75, 3.05) is 21.3 Å². The Bertz CT molecular complexity index is 1060. The van der Waals surface area contributed by atoms with Gasteiger partial charge in [0, 0.05) is 13.1 Å². The number of para-hydroxylation sites is 1. The van der Waals surface area contributed by atoms with Gasteiger partial charge in [0.15, 0.2) is 6.10 Å². The number of carbonyl (C=O) groups excluding carboxylic acids is 1. The number of aromatic nitrogens is 2. The Morgan fingerprint density at radius 2 is 1.81 bits per heavy atom. The first-order chi connectivity index (χ1) is 15.3. The lowest BCUT2D eigenvalue weighted by atomic mass is 10.0. The first kappa shape index (κ1) is 23.1. The number of methoxy groups -OCH3 is 2. The van der Waals surface area contributed by atoms with Crippen molar-refractivity contribution in [1.82, 2.24) is 15.0 Å². The minimum atomic E-state index is -0.663. The van der Waals surface area contributed by atoms with Crippen molar-refractivity contribution in [3.8, 4) is 28.6 Å². The highest BCUT2D eigenvalue weighted by Gasteiger charge is 2.23. The quantitative estimate of drug-likeness (QED) is 0.491. The number of benzene rings is 2. The second-order valence-electron chi connectivity index (χ2n) is 7.72. The summed E-state index contributed by atoms with van der Waals surface area (Å²) >= 11 is 0. The zero-order chi connectivity index (χ0) is 23.3. The predicted octanol–water partition coefficient (Wildman–Crippen LogP) is 4.30. The zero-order valence-electron chi connectivity index (χ0n) is 19.3. The van der Waals surface area contributed by atoms with Gasteiger partial charge in [-0.25, -0.2) is 0 Å². The number of amides is 1. The summed E-state index contributed by atoms with van der Waals surface area (Å²) in [5.41, 5.74) is 1.73. The lowest BCUT2D eigenvalue weighted by Crippen LogP contribution is -2.37. The van der Waals surface area contributed by atoms with E-state index < -0.39 is 6.10 Å². The van der Waals surface area contributed by atoms with E-state index in [1.54, 1.807) is 46.4 Å². The molecule has 1 aromatic heterocycles. The van der Waals surface area contributed by atoms with E-state index in [1.807, 2.05) is 24.3 Å². The summed E-state index contributed by atoms with van der Waals surface area (Å²) in [6.07, 6.45) is -0.663. The van der Waals surface area contributed by atoms with Crippen LogP contribution in [0.3, 0.4) is 0 Å². The molecule has 0 saturated heterocycles. The highest BCUT2D eigenvalue weighted by Crippen LogP contribution is 2.31. The van der Waals surface area contributed by atoms with E-state index in [4.69, 9.17) is 18.7 Å². The number of carbonyl (C=O) groups is 1. The molecule has 0 N–H and O–H groups in total. The Hall–Kier alpha value is -3.55. The zero-order valence-corrected chi connectivity index (χ0v) is 19.3. The second-order valence-corrected chi connectivity index (χ2v) is 7.72. The van der Waals surface area contributed by atoms with Crippen molar-refractivity contribution in [1.29, 1.82) is 0 Å². The summed E-state index contributed by atoms with van der Waals surface area (Å²) in [6, 6.07) is 13.1. The standard InChI is InChI=1S/C24H29N3O5/c1-15(2)18-9-7-8-10-20(18)31-16(3)24(28)27(4)14-22-25-23(26-32-22)19-12-11-17(29-5)13-21(19)30-6/h7-13,15-16H,14H2,1-6H3/t16-/m1/s1. The molecular formula is C24H29N3O5. The van der Waals surface area contributed by atoms with Crippen LogP contribution in [0.2, 0.25) is 0 Å². The minimum absolute atomic E-state index is 0.157. The van der Waals surface area contributed by atoms with Crippen LogP contribution in [0.1, 0.15) is 38.1 Å². The molecule has 0 aliphatic carbocycles. The maximum Gasteiger partial charge on any atom is 0.263 e. The van der Waals surface area contributed by atoms with Crippen molar-refractivity contribution in [2.45, 2.75) is 39.3 Å². The van der Waals surface area contributed by atoms with Gasteiger partial charge in [-0.1, -0.05) is 37.2 Å². The molecule has 1 heterocycles. The van der Waals surface area contributed by atoms with E-state index in [9.17, 15) is 4.79 Å². The van der Waals surface area contributed by atoms with Crippen LogP contribution in [-0.2, 0) is 11.3 Å². The van der Waals surface area contributed by atoms with Gasteiger partial charge < -0.3 is 23.6 Å². The predicted molar refractivity (Wildman–Crippen MR) is 120 cm³/mol. The van der Waals surface area contributed by atoms with E-state index in [0.29, 0.717) is 34.5 Å². The topological polar surface area (TPSA) is 86.9 Å². The third-order valence-corrected chi connectivity index (χ3v) is 5.06. The summed E-state index contributed by atoms with van der Waals surface area (Å²) in [5, 5.41) is 4.03. The third-order valence-electron chi connectivity index (χ3n) is 5.06. The Morgan fingerprint density at radius 1 is 1.06 bits per heavy atom. The van der Waals surface area contributed by atoms with Crippen molar-refractivity contribution < 1.29 is 23.5 Å². The molecule has 2 aromatic carbocycles. The van der Waals surface area contributed by atoms with E-state index in [1.165, 1.54) is 4.90 Å². The lowest BCUT2D eigenvalue weighted by Gasteiger charge is -2.22. The monoisotopic (exact) mass is 439 g/mol. The molecule has 3 aromatic rings. The van der Waals surface area contributed by atoms with Crippen LogP contribution in [0.15, 0.2) is 47.0 Å². The van der Waals surface area contributed by atoms with Gasteiger partial charge in [-0.3, -0.25) is 4.79 Å². The van der Waals surface area contributed by atoms with Crippen molar-refractivity contribution >= 4 is 5.91 Å². The molecule has 1 amide bonds. The van der Waals surface area contributed by atoms with Gasteiger partial charge in [0.1, 0.15) is 17.2 Å². The lowest BCUT2D eigenvalue weighted by molar-refractivity contribution is -0.137. The van der Waals surface area contributed by atoms with Crippen LogP contribution < -0.4 is 14.2 Å². The van der Waals surface area contributed by atoms with Crippen LogP contribution in [0.4, 0.5) is 0 Å². The maximum absolute atomic E-state index is 12.9. The summed E-state index contributed by atoms with van der Waals surface area (Å²) in [4.78, 5) is 18.8. The van der Waals surface area contributed by atoms with Gasteiger partial charge >= 0.3 is 0 Å². The molecule has 32 heavy (non-hydrogen) atoms. The van der Waals surface area contributed by atoms with Crippen molar-refractivity contribution in [2.24, 2.45) is 0 Å². The second kappa shape index (κ2) is 10.2. The van der Waals surface area contributed by atoms with Crippen LogP contribution in [-0.4, -0.2) is 48.3 Å². The summed E-state index contributed by atoms with van der Waals surface area (Å²) in [7, 11) is 4.82. The maximum atomic E-state index is 12.9. The van der Waals surface area contributed by atoms with Crippen LogP contribution in [0.5, 0.6) is 17.2 Å². The fourth-order valence-electron chi connectivity index (χ4n) is 3.31. The Labute approximate surface area is 188 Å². The minimum Gasteiger partial charge on any atom is -0.497 e. The highest BCUT2D eigenvalue weighted by atomic mass is 16.5. The van der Waals surface area contributed by atoms with E-state index in [0.717, 1.165) is 5.56 Å². The third kappa shape index (κ3) is 5.19. The number of hydrogen-bond donors (Lipinski definition) is 0. The van der Waals surface area contributed by atoms with Gasteiger partial charge in [-0.15, -0.1) is 0 Å². The number of ether oxygens (including phenoxy) is 3. The molecule has 0 aliphatic heterocycles. The Balaban J connectivity index is 1.68. The van der Waals surface area contributed by atoms with Gasteiger partial charge in [-0.2, -0.15) is 4.98 Å². The van der Waals surface area contributed by atoms with E-state index in [2.05, 4.69) is 24.0 Å². The fraction of sp³-hybridized carbons (Fsp3) is 0.375. The van der Waals surface area contributed by atoms with E-state index >= 15 is 0 Å². The van der Waals surface area contributed by atoms with Gasteiger partial charge in [0.05, 0.1) is 26.3 Å². The summed E-state index contributed by atoms with van der Waals surface area (Å²) in [5.74, 6) is 2.71. The first-order valence-electron chi connectivity index (χ1n) is 10.4. The smallest absolute Gasteiger partial charge is 0.263 e. The average Bonchev–Trinajstić information content (AvgIpc) is 3.26.